The van der Waals surface area contributed by atoms with Gasteiger partial charge in [-0.15, -0.1) is 0 Å². The topological polar surface area (TPSA) is 51.6 Å². The summed E-state index contributed by atoms with van der Waals surface area (Å²) >= 11 is 0. The van der Waals surface area contributed by atoms with E-state index in [0.717, 1.165) is 0 Å². The van der Waals surface area contributed by atoms with Crippen LogP contribution in [0.15, 0.2) is 11.5 Å². The van der Waals surface area contributed by atoms with Gasteiger partial charge in [0.05, 0.1) is 0 Å². The van der Waals surface area contributed by atoms with Crippen LogP contribution in [-0.2, 0) is 0 Å². The van der Waals surface area contributed by atoms with Gasteiger partial charge >= 0.3 is 18.1 Å². The predicted molar refractivity (Wildman–Crippen MR) is 31.4 cm³/mol. The molecule has 0 radical (unpaired) electrons. The van der Waals surface area contributed by atoms with Crippen LogP contribution in [0, 0.1) is 0 Å². The van der Waals surface area contributed by atoms with Crippen molar-refractivity contribution < 1.29 is 36.1 Å². The molecule has 0 aromatic heterocycles. The molecule has 2 nitrogen and oxygen atoms in total. The molecule has 0 unspecified atom stereocenters. The Bertz CT molecular complexity index is 271. The average Bonchev–Trinajstić information content (AvgIpc) is 1.97. The molecule has 0 aliphatic rings. The Kier molecular flexibility index (Phi) is 3.15. The summed E-state index contributed by atoms with van der Waals surface area (Å²) in [4.78, 5) is 0. The van der Waals surface area contributed by atoms with Gasteiger partial charge in [-0.25, -0.2) is 5.41 Å². The van der Waals surface area contributed by atoms with Crippen LogP contribution in [0.1, 0.15) is 0 Å². The first-order chi connectivity index (χ1) is 5.98. The van der Waals surface area contributed by atoms with Crippen molar-refractivity contribution in [3.8, 4) is 0 Å². The van der Waals surface area contributed by atoms with E-state index in [1.807, 2.05) is 0 Å². The Hall–Kier alpha value is -1.28. The lowest BCUT2D eigenvalue weighted by Gasteiger charge is -2.07. The van der Waals surface area contributed by atoms with E-state index in [1.54, 1.807) is 0 Å². The van der Waals surface area contributed by atoms with E-state index in [1.165, 1.54) is 0 Å². The standard InChI is InChI=1S/C5H3F7N2/c6-1(2(13)4(7,8)9)3(14)5(10,11)12/h13H,14H2/p+1/b3-1+,13-2?. The zero-order valence-corrected chi connectivity index (χ0v) is 6.30. The van der Waals surface area contributed by atoms with Crippen molar-refractivity contribution in [3.05, 3.63) is 11.5 Å². The smallest absolute Gasteiger partial charge is 0.392 e. The van der Waals surface area contributed by atoms with Gasteiger partial charge in [-0.1, -0.05) is 0 Å². The molecule has 0 aromatic carbocycles. The van der Waals surface area contributed by atoms with Crippen molar-refractivity contribution in [2.24, 2.45) is 5.73 Å². The van der Waals surface area contributed by atoms with Gasteiger partial charge in [0, 0.05) is 0 Å². The maximum atomic E-state index is 12.3. The first-order valence-electron chi connectivity index (χ1n) is 2.90. The molecule has 4 N–H and O–H groups in total. The molecule has 0 fully saturated rings. The SMILES string of the molecule is N/C(=C(/F)C(=[NH2+])C(F)(F)F)C(F)(F)F. The molecule has 0 saturated heterocycles. The fourth-order valence-electron chi connectivity index (χ4n) is 0.394. The highest BCUT2D eigenvalue weighted by atomic mass is 19.4. The molecule has 0 atom stereocenters. The minimum atomic E-state index is -5.39. The van der Waals surface area contributed by atoms with Gasteiger partial charge in [-0.05, 0) is 0 Å². The van der Waals surface area contributed by atoms with Crippen LogP contribution in [-0.4, -0.2) is 18.1 Å². The third kappa shape index (κ3) is 2.89. The molecular formula is C5H4F7N2+. The summed E-state index contributed by atoms with van der Waals surface area (Å²) in [6, 6.07) is 0. The van der Waals surface area contributed by atoms with Gasteiger partial charge in [0.25, 0.3) is 0 Å². The first-order valence-corrected chi connectivity index (χ1v) is 2.90. The zero-order chi connectivity index (χ0) is 11.7. The summed E-state index contributed by atoms with van der Waals surface area (Å²) in [6.07, 6.45) is -10.8. The number of alkyl halides is 6. The third-order valence-electron chi connectivity index (χ3n) is 1.08. The number of rotatable bonds is 1. The Labute approximate surface area is 72.7 Å². The molecule has 82 valence electrons. The molecular weight excluding hydrogens is 221 g/mol. The normalized spacial score (nSPS) is 15.1. The van der Waals surface area contributed by atoms with Crippen molar-refractivity contribution in [1.82, 2.24) is 0 Å². The fraction of sp³-hybridized carbons (Fsp3) is 0.400. The largest absolute Gasteiger partial charge is 0.480 e. The van der Waals surface area contributed by atoms with E-state index in [9.17, 15) is 30.7 Å². The highest BCUT2D eigenvalue weighted by Gasteiger charge is 2.47. The molecule has 0 aliphatic carbocycles. The van der Waals surface area contributed by atoms with E-state index in [-0.39, 0.29) is 0 Å². The summed E-state index contributed by atoms with van der Waals surface area (Å²) in [6.45, 7) is 0. The molecule has 0 spiro atoms. The monoisotopic (exact) mass is 225 g/mol. The molecule has 0 aliphatic heterocycles. The summed E-state index contributed by atoms with van der Waals surface area (Å²) in [5.41, 5.74) is -0.944. The Morgan fingerprint density at radius 1 is 0.929 bits per heavy atom. The molecule has 0 aromatic rings. The number of halogens is 7. The van der Waals surface area contributed by atoms with Crippen LogP contribution in [0.3, 0.4) is 0 Å². The van der Waals surface area contributed by atoms with Crippen LogP contribution in [0.4, 0.5) is 30.7 Å². The van der Waals surface area contributed by atoms with Crippen molar-refractivity contribution in [2.75, 3.05) is 0 Å². The van der Waals surface area contributed by atoms with Crippen molar-refractivity contribution in [2.45, 2.75) is 12.4 Å². The summed E-state index contributed by atoms with van der Waals surface area (Å²) in [7, 11) is 0. The van der Waals surface area contributed by atoms with Gasteiger partial charge in [0.15, 0.2) is 5.70 Å². The van der Waals surface area contributed by atoms with E-state index in [2.05, 4.69) is 11.1 Å². The molecule has 0 heterocycles. The van der Waals surface area contributed by atoms with Gasteiger partial charge in [0.2, 0.25) is 5.83 Å². The highest BCUT2D eigenvalue weighted by Crippen LogP contribution is 2.28. The van der Waals surface area contributed by atoms with Crippen LogP contribution in [0.5, 0.6) is 0 Å². The third-order valence-corrected chi connectivity index (χ3v) is 1.08. The van der Waals surface area contributed by atoms with Gasteiger partial charge in [0.1, 0.15) is 0 Å². The number of nitrogens with two attached hydrogens (primary N) is 2. The van der Waals surface area contributed by atoms with Crippen LogP contribution >= 0.6 is 0 Å². The molecule has 0 saturated carbocycles. The van der Waals surface area contributed by atoms with E-state index < -0.39 is 29.6 Å². The minimum Gasteiger partial charge on any atom is -0.392 e. The number of hydrogen-bond acceptors (Lipinski definition) is 1. The van der Waals surface area contributed by atoms with Crippen molar-refractivity contribution in [1.29, 1.82) is 0 Å². The minimum absolute atomic E-state index is 2.51. The summed E-state index contributed by atoms with van der Waals surface area (Å²) in [5.74, 6) is -2.72. The highest BCUT2D eigenvalue weighted by molar-refractivity contribution is 5.98. The maximum Gasteiger partial charge on any atom is 0.480 e. The number of allylic oxidation sites excluding steroid dienone is 2. The van der Waals surface area contributed by atoms with E-state index in [4.69, 9.17) is 0 Å². The lowest BCUT2D eigenvalue weighted by molar-refractivity contribution is -0.169. The Morgan fingerprint density at radius 3 is 1.50 bits per heavy atom. The van der Waals surface area contributed by atoms with Crippen LogP contribution < -0.4 is 11.1 Å². The second kappa shape index (κ2) is 3.46. The summed E-state index contributed by atoms with van der Waals surface area (Å²) < 4.78 is 81.9. The second-order valence-electron chi connectivity index (χ2n) is 2.14. The lowest BCUT2D eigenvalue weighted by Crippen LogP contribution is -2.50. The Balaban J connectivity index is 5.14. The van der Waals surface area contributed by atoms with Crippen molar-refractivity contribution >= 4 is 5.71 Å². The van der Waals surface area contributed by atoms with Crippen LogP contribution in [0.2, 0.25) is 0 Å². The average molecular weight is 225 g/mol. The first kappa shape index (κ1) is 12.7. The summed E-state index contributed by atoms with van der Waals surface area (Å²) in [5, 5.41) is 4.07. The maximum absolute atomic E-state index is 12.3. The molecule has 14 heavy (non-hydrogen) atoms. The molecule has 9 heteroatoms. The van der Waals surface area contributed by atoms with Crippen molar-refractivity contribution in [3.63, 3.8) is 0 Å². The van der Waals surface area contributed by atoms with E-state index in [0.29, 0.717) is 0 Å². The van der Waals surface area contributed by atoms with Gasteiger partial charge < -0.3 is 5.73 Å². The van der Waals surface area contributed by atoms with Gasteiger partial charge in [-0.2, -0.15) is 30.7 Å². The lowest BCUT2D eigenvalue weighted by atomic mass is 10.2. The molecule has 0 rings (SSSR count). The Morgan fingerprint density at radius 2 is 1.29 bits per heavy atom. The van der Waals surface area contributed by atoms with Crippen LogP contribution in [0.25, 0.3) is 0 Å². The molecule has 0 bridgehead atoms. The number of hydrogen-bond donors (Lipinski definition) is 2. The van der Waals surface area contributed by atoms with Gasteiger partial charge in [-0.3, -0.25) is 0 Å². The van der Waals surface area contributed by atoms with E-state index >= 15 is 0 Å². The zero-order valence-electron chi connectivity index (χ0n) is 6.30. The predicted octanol–water partition coefficient (Wildman–Crippen LogP) is 0.451. The molecule has 0 amide bonds. The fourth-order valence-corrected chi connectivity index (χ4v) is 0.394. The quantitative estimate of drug-likeness (QED) is 0.494. The second-order valence-corrected chi connectivity index (χ2v) is 2.14.